The van der Waals surface area contributed by atoms with Crippen molar-refractivity contribution >= 4 is 12.0 Å². The maximum Gasteiger partial charge on any atom is 0.335 e. The minimum absolute atomic E-state index is 0.204. The highest BCUT2D eigenvalue weighted by atomic mass is 16.4. The fraction of sp³-hybridized carbons (Fsp3) is 0.385. The molecule has 0 spiro atoms. The van der Waals surface area contributed by atoms with Gasteiger partial charge in [-0.25, -0.2) is 9.59 Å². The van der Waals surface area contributed by atoms with Crippen LogP contribution in [0.3, 0.4) is 0 Å². The zero-order valence-corrected chi connectivity index (χ0v) is 10.1. The maximum absolute atomic E-state index is 11.5. The fourth-order valence-corrected chi connectivity index (χ4v) is 1.74. The standard InChI is InChI=1S/C13H16N2O3/c1-8-5-11(8)15-13(18)14-7-9-3-2-4-10(6-9)12(16)17/h2-4,6,8,11H,5,7H2,1H3,(H,16,17)(H2,14,15,18). The lowest BCUT2D eigenvalue weighted by molar-refractivity contribution is 0.0696. The third kappa shape index (κ3) is 3.23. The van der Waals surface area contributed by atoms with Crippen molar-refractivity contribution in [3.05, 3.63) is 35.4 Å². The molecule has 5 nitrogen and oxygen atoms in total. The van der Waals surface area contributed by atoms with Crippen molar-refractivity contribution in [3.8, 4) is 0 Å². The number of aromatic carboxylic acids is 1. The number of amides is 2. The molecule has 1 aromatic rings. The van der Waals surface area contributed by atoms with E-state index in [1.54, 1.807) is 18.2 Å². The van der Waals surface area contributed by atoms with Crippen LogP contribution in [0.15, 0.2) is 24.3 Å². The van der Waals surface area contributed by atoms with Crippen molar-refractivity contribution in [3.63, 3.8) is 0 Å². The van der Waals surface area contributed by atoms with Gasteiger partial charge in [0.1, 0.15) is 0 Å². The first-order chi connectivity index (χ1) is 8.56. The number of carboxylic acids is 1. The molecule has 1 aromatic carbocycles. The van der Waals surface area contributed by atoms with E-state index in [9.17, 15) is 9.59 Å². The molecule has 0 heterocycles. The second-order valence-electron chi connectivity index (χ2n) is 4.65. The average molecular weight is 248 g/mol. The molecule has 1 saturated carbocycles. The van der Waals surface area contributed by atoms with Crippen LogP contribution in [0.1, 0.15) is 29.3 Å². The van der Waals surface area contributed by atoms with Gasteiger partial charge < -0.3 is 15.7 Å². The Balaban J connectivity index is 1.84. The molecule has 1 fully saturated rings. The van der Waals surface area contributed by atoms with Gasteiger partial charge in [-0.05, 0) is 30.0 Å². The van der Waals surface area contributed by atoms with Gasteiger partial charge in [-0.2, -0.15) is 0 Å². The van der Waals surface area contributed by atoms with Crippen LogP contribution in [0.25, 0.3) is 0 Å². The molecule has 0 bridgehead atoms. The zero-order valence-electron chi connectivity index (χ0n) is 10.1. The van der Waals surface area contributed by atoms with Crippen LogP contribution < -0.4 is 10.6 Å². The number of carboxylic acid groups (broad SMARTS) is 1. The Kier molecular flexibility index (Phi) is 3.50. The monoisotopic (exact) mass is 248 g/mol. The molecule has 2 atom stereocenters. The van der Waals surface area contributed by atoms with Crippen molar-refractivity contribution in [2.24, 2.45) is 5.92 Å². The van der Waals surface area contributed by atoms with Crippen LogP contribution in [0.4, 0.5) is 4.79 Å². The van der Waals surface area contributed by atoms with Crippen LogP contribution in [-0.4, -0.2) is 23.1 Å². The lowest BCUT2D eigenvalue weighted by atomic mass is 10.1. The predicted molar refractivity (Wildman–Crippen MR) is 66.3 cm³/mol. The van der Waals surface area contributed by atoms with E-state index < -0.39 is 5.97 Å². The van der Waals surface area contributed by atoms with E-state index >= 15 is 0 Å². The Labute approximate surface area is 105 Å². The van der Waals surface area contributed by atoms with Gasteiger partial charge in [-0.1, -0.05) is 19.1 Å². The first-order valence-electron chi connectivity index (χ1n) is 5.93. The molecule has 0 radical (unpaired) electrons. The van der Waals surface area contributed by atoms with Crippen LogP contribution in [0, 0.1) is 5.92 Å². The Morgan fingerprint density at radius 2 is 2.17 bits per heavy atom. The average Bonchev–Trinajstić information content (AvgIpc) is 3.02. The van der Waals surface area contributed by atoms with Crippen molar-refractivity contribution in [1.82, 2.24) is 10.6 Å². The fourth-order valence-electron chi connectivity index (χ4n) is 1.74. The van der Waals surface area contributed by atoms with Gasteiger partial charge in [0, 0.05) is 12.6 Å². The molecule has 1 aliphatic rings. The molecular formula is C13H16N2O3. The van der Waals surface area contributed by atoms with Crippen LogP contribution in [-0.2, 0) is 6.54 Å². The van der Waals surface area contributed by atoms with Gasteiger partial charge in [-0.15, -0.1) is 0 Å². The molecule has 1 aliphatic carbocycles. The number of hydrogen-bond donors (Lipinski definition) is 3. The zero-order chi connectivity index (χ0) is 13.1. The second-order valence-corrected chi connectivity index (χ2v) is 4.65. The van der Waals surface area contributed by atoms with E-state index in [0.29, 0.717) is 12.5 Å². The molecular weight excluding hydrogens is 232 g/mol. The highest BCUT2D eigenvalue weighted by Gasteiger charge is 2.33. The number of carbonyl (C=O) groups excluding carboxylic acids is 1. The Hall–Kier alpha value is -2.04. The molecule has 0 aromatic heterocycles. The van der Waals surface area contributed by atoms with Crippen molar-refractivity contribution in [2.45, 2.75) is 25.9 Å². The molecule has 0 saturated heterocycles. The number of carbonyl (C=O) groups is 2. The summed E-state index contributed by atoms with van der Waals surface area (Å²) in [6.07, 6.45) is 1.03. The molecule has 3 N–H and O–H groups in total. The third-order valence-electron chi connectivity index (χ3n) is 3.05. The Bertz CT molecular complexity index is 473. The Morgan fingerprint density at radius 3 is 2.78 bits per heavy atom. The Morgan fingerprint density at radius 1 is 1.44 bits per heavy atom. The van der Waals surface area contributed by atoms with Crippen LogP contribution in [0.5, 0.6) is 0 Å². The number of nitrogens with one attached hydrogen (secondary N) is 2. The van der Waals surface area contributed by atoms with Crippen LogP contribution in [0.2, 0.25) is 0 Å². The summed E-state index contributed by atoms with van der Waals surface area (Å²) in [5.74, 6) is -0.404. The summed E-state index contributed by atoms with van der Waals surface area (Å²) in [6, 6.07) is 6.62. The van der Waals surface area contributed by atoms with E-state index in [4.69, 9.17) is 5.11 Å². The van der Waals surface area contributed by atoms with Crippen LogP contribution >= 0.6 is 0 Å². The lowest BCUT2D eigenvalue weighted by Crippen LogP contribution is -2.36. The minimum Gasteiger partial charge on any atom is -0.478 e. The maximum atomic E-state index is 11.5. The first-order valence-corrected chi connectivity index (χ1v) is 5.93. The van der Waals surface area contributed by atoms with Gasteiger partial charge in [0.15, 0.2) is 0 Å². The van der Waals surface area contributed by atoms with Gasteiger partial charge in [0.05, 0.1) is 5.56 Å². The predicted octanol–water partition coefficient (Wildman–Crippen LogP) is 1.59. The SMILES string of the molecule is CC1CC1NC(=O)NCc1cccc(C(=O)O)c1. The topological polar surface area (TPSA) is 78.4 Å². The molecule has 2 rings (SSSR count). The summed E-state index contributed by atoms with van der Waals surface area (Å²) in [6.45, 7) is 2.41. The van der Waals surface area contributed by atoms with Crippen molar-refractivity contribution in [1.29, 1.82) is 0 Å². The smallest absolute Gasteiger partial charge is 0.335 e. The summed E-state index contributed by atoms with van der Waals surface area (Å²) in [5.41, 5.74) is 0.999. The molecule has 96 valence electrons. The summed E-state index contributed by atoms with van der Waals surface area (Å²) in [4.78, 5) is 22.3. The van der Waals surface area contributed by atoms with E-state index in [0.717, 1.165) is 12.0 Å². The van der Waals surface area contributed by atoms with Crippen molar-refractivity contribution in [2.75, 3.05) is 0 Å². The number of rotatable bonds is 4. The molecule has 5 heteroatoms. The number of hydrogen-bond acceptors (Lipinski definition) is 2. The molecule has 2 amide bonds. The number of benzene rings is 1. The van der Waals surface area contributed by atoms with Crippen molar-refractivity contribution < 1.29 is 14.7 Å². The van der Waals surface area contributed by atoms with E-state index in [2.05, 4.69) is 17.6 Å². The van der Waals surface area contributed by atoms with Gasteiger partial charge in [-0.3, -0.25) is 0 Å². The summed E-state index contributed by atoms with van der Waals surface area (Å²) in [7, 11) is 0. The molecule has 2 unspecified atom stereocenters. The molecule has 0 aliphatic heterocycles. The summed E-state index contributed by atoms with van der Waals surface area (Å²) < 4.78 is 0. The quantitative estimate of drug-likeness (QED) is 0.757. The van der Waals surface area contributed by atoms with Gasteiger partial charge in [0.2, 0.25) is 0 Å². The highest BCUT2D eigenvalue weighted by Crippen LogP contribution is 2.28. The minimum atomic E-state index is -0.965. The largest absolute Gasteiger partial charge is 0.478 e. The normalized spacial score (nSPS) is 21.2. The van der Waals surface area contributed by atoms with E-state index in [1.165, 1.54) is 6.07 Å². The highest BCUT2D eigenvalue weighted by molar-refractivity contribution is 5.87. The second kappa shape index (κ2) is 5.08. The van der Waals surface area contributed by atoms with E-state index in [1.807, 2.05) is 0 Å². The first kappa shape index (κ1) is 12.4. The van der Waals surface area contributed by atoms with Gasteiger partial charge in [0.25, 0.3) is 0 Å². The van der Waals surface area contributed by atoms with E-state index in [-0.39, 0.29) is 17.6 Å². The lowest BCUT2D eigenvalue weighted by Gasteiger charge is -2.07. The number of urea groups is 1. The third-order valence-corrected chi connectivity index (χ3v) is 3.05. The summed E-state index contributed by atoms with van der Waals surface area (Å²) >= 11 is 0. The summed E-state index contributed by atoms with van der Waals surface area (Å²) in [5, 5.41) is 14.4. The van der Waals surface area contributed by atoms with Gasteiger partial charge >= 0.3 is 12.0 Å². The molecule has 18 heavy (non-hydrogen) atoms.